The zero-order valence-corrected chi connectivity index (χ0v) is 21.4. The zero-order valence-electron chi connectivity index (χ0n) is 20.6. The topological polar surface area (TPSA) is 74.6 Å². The number of aromatic nitrogens is 3. The molecule has 2 aromatic rings. The number of carbonyl (C=O) groups excluding carboxylic acids is 2. The van der Waals surface area contributed by atoms with E-state index in [1.54, 1.807) is 11.3 Å². The van der Waals surface area contributed by atoms with Crippen LogP contribution in [-0.2, 0) is 16.1 Å². The first-order chi connectivity index (χ1) is 15.6. The fraction of sp³-hybridized carbons (Fsp3) is 0.667. The summed E-state index contributed by atoms with van der Waals surface area (Å²) in [5, 5.41) is 3.04. The van der Waals surface area contributed by atoms with E-state index < -0.39 is 5.41 Å². The molecule has 0 radical (unpaired) electrons. The average molecular weight is 473 g/mol. The van der Waals surface area contributed by atoms with Crippen molar-refractivity contribution in [3.05, 3.63) is 34.3 Å². The smallest absolute Gasteiger partial charge is 0.236 e. The molecule has 0 N–H and O–H groups in total. The van der Waals surface area contributed by atoms with E-state index >= 15 is 0 Å². The minimum Gasteiger partial charge on any atom is -0.340 e. The van der Waals surface area contributed by atoms with Gasteiger partial charge in [0.2, 0.25) is 11.8 Å². The van der Waals surface area contributed by atoms with E-state index in [0.717, 1.165) is 22.8 Å². The Hall–Kier alpha value is -2.26. The fourth-order valence-corrected chi connectivity index (χ4v) is 5.55. The minimum absolute atomic E-state index is 0.0812. The molecular weight excluding hydrogens is 436 g/mol. The normalized spacial score (nSPS) is 23.3. The quantitative estimate of drug-likeness (QED) is 0.619. The molecule has 1 spiro atoms. The maximum atomic E-state index is 13.9. The van der Waals surface area contributed by atoms with Crippen molar-refractivity contribution < 1.29 is 9.59 Å². The van der Waals surface area contributed by atoms with Gasteiger partial charge in [-0.25, -0.2) is 9.97 Å². The summed E-state index contributed by atoms with van der Waals surface area (Å²) in [5.41, 5.74) is 1.23. The number of imidazole rings is 1. The Balaban J connectivity index is 1.61. The first-order valence-corrected chi connectivity index (χ1v) is 12.7. The van der Waals surface area contributed by atoms with Crippen LogP contribution in [0.4, 0.5) is 0 Å². The molecule has 0 aromatic carbocycles. The van der Waals surface area contributed by atoms with Crippen LogP contribution >= 0.6 is 11.3 Å². The fourth-order valence-electron chi connectivity index (χ4n) is 4.94. The second-order valence-electron chi connectivity index (χ2n) is 10.2. The van der Waals surface area contributed by atoms with Crippen LogP contribution in [0.2, 0.25) is 0 Å². The van der Waals surface area contributed by atoms with E-state index in [0.29, 0.717) is 38.8 Å². The summed E-state index contributed by atoms with van der Waals surface area (Å²) < 4.78 is 2.08. The Morgan fingerprint density at radius 1 is 1.33 bits per heavy atom. The average Bonchev–Trinajstić information content (AvgIpc) is 3.52. The van der Waals surface area contributed by atoms with Gasteiger partial charge in [0.05, 0.1) is 41.2 Å². The van der Waals surface area contributed by atoms with Gasteiger partial charge in [0.15, 0.2) is 0 Å². The maximum absolute atomic E-state index is 13.9. The molecule has 0 bridgehead atoms. The van der Waals surface area contributed by atoms with Crippen molar-refractivity contribution in [1.29, 1.82) is 0 Å². The molecule has 2 atom stereocenters. The molecule has 2 saturated heterocycles. The predicted octanol–water partition coefficient (Wildman–Crippen LogP) is 2.91. The Bertz CT molecular complexity index is 1010. The van der Waals surface area contributed by atoms with Crippen molar-refractivity contribution in [3.8, 4) is 0 Å². The number of rotatable bonds is 7. The van der Waals surface area contributed by atoms with Crippen molar-refractivity contribution in [2.75, 3.05) is 33.2 Å². The van der Waals surface area contributed by atoms with Crippen molar-refractivity contribution >= 4 is 23.2 Å². The van der Waals surface area contributed by atoms with Crippen LogP contribution in [0.3, 0.4) is 0 Å². The lowest BCUT2D eigenvalue weighted by Crippen LogP contribution is -2.43. The second kappa shape index (κ2) is 9.18. The standard InChI is InChI=1S/C24H36N6O2S/c1-16(2)27(6)12-22(31)29-10-20(21-11-30(15-25-21)17(3)4)24(14-29)7-8-28(23(24)32)9-19-13-33-18(5)26-19/h11,13,15-17,20H,7-10,12,14H2,1-6H3. The molecule has 2 aromatic heterocycles. The number of aryl methyl sites for hydroxylation is 1. The molecule has 2 aliphatic rings. The molecular formula is C24H36N6O2S. The zero-order chi connectivity index (χ0) is 23.9. The van der Waals surface area contributed by atoms with Gasteiger partial charge < -0.3 is 14.4 Å². The summed E-state index contributed by atoms with van der Waals surface area (Å²) in [4.78, 5) is 42.2. The molecule has 2 amide bonds. The molecule has 8 nitrogen and oxygen atoms in total. The van der Waals surface area contributed by atoms with Gasteiger partial charge in [-0.3, -0.25) is 14.5 Å². The Morgan fingerprint density at radius 3 is 2.70 bits per heavy atom. The number of likely N-dealkylation sites (N-methyl/N-ethyl adjacent to an activating group) is 1. The first-order valence-electron chi connectivity index (χ1n) is 11.8. The summed E-state index contributed by atoms with van der Waals surface area (Å²) in [6.07, 6.45) is 4.64. The number of likely N-dealkylation sites (tertiary alicyclic amines) is 2. The van der Waals surface area contributed by atoms with Gasteiger partial charge >= 0.3 is 0 Å². The summed E-state index contributed by atoms with van der Waals surface area (Å²) in [7, 11) is 1.97. The number of carbonyl (C=O) groups is 2. The van der Waals surface area contributed by atoms with Gasteiger partial charge in [-0.15, -0.1) is 11.3 Å². The third-order valence-electron chi connectivity index (χ3n) is 7.30. The van der Waals surface area contributed by atoms with Crippen LogP contribution in [0.5, 0.6) is 0 Å². The maximum Gasteiger partial charge on any atom is 0.236 e. The molecule has 2 aliphatic heterocycles. The second-order valence-corrected chi connectivity index (χ2v) is 11.2. The largest absolute Gasteiger partial charge is 0.340 e. The predicted molar refractivity (Wildman–Crippen MR) is 129 cm³/mol. The highest BCUT2D eigenvalue weighted by Gasteiger charge is 2.58. The minimum atomic E-state index is -0.618. The van der Waals surface area contributed by atoms with Crippen molar-refractivity contribution in [2.45, 2.75) is 65.6 Å². The summed E-state index contributed by atoms with van der Waals surface area (Å²) in [6.45, 7) is 13.0. The number of hydrogen-bond donors (Lipinski definition) is 0. The third-order valence-corrected chi connectivity index (χ3v) is 8.12. The summed E-state index contributed by atoms with van der Waals surface area (Å²) in [5.74, 6) is 0.114. The van der Waals surface area contributed by atoms with Crippen molar-refractivity contribution in [2.24, 2.45) is 5.41 Å². The third kappa shape index (κ3) is 4.57. The first kappa shape index (κ1) is 23.9. The van der Waals surface area contributed by atoms with Crippen LogP contribution in [-0.4, -0.2) is 80.3 Å². The van der Waals surface area contributed by atoms with Crippen LogP contribution in [0.15, 0.2) is 17.9 Å². The van der Waals surface area contributed by atoms with Crippen LogP contribution in [0.1, 0.15) is 62.5 Å². The Kier molecular flexibility index (Phi) is 6.64. The molecule has 2 unspecified atom stereocenters. The van der Waals surface area contributed by atoms with E-state index in [2.05, 4.69) is 43.4 Å². The van der Waals surface area contributed by atoms with Crippen molar-refractivity contribution in [3.63, 3.8) is 0 Å². The summed E-state index contributed by atoms with van der Waals surface area (Å²) in [6, 6.07) is 0.581. The lowest BCUT2D eigenvalue weighted by molar-refractivity contribution is -0.137. The van der Waals surface area contributed by atoms with Gasteiger partial charge in [-0.05, 0) is 48.1 Å². The van der Waals surface area contributed by atoms with E-state index in [1.165, 1.54) is 0 Å². The van der Waals surface area contributed by atoms with Gasteiger partial charge in [0.1, 0.15) is 0 Å². The monoisotopic (exact) mass is 472 g/mol. The molecule has 0 saturated carbocycles. The van der Waals surface area contributed by atoms with E-state index in [1.807, 2.05) is 40.4 Å². The number of amides is 2. The van der Waals surface area contributed by atoms with E-state index in [-0.39, 0.29) is 23.8 Å². The highest BCUT2D eigenvalue weighted by Crippen LogP contribution is 2.50. The molecule has 4 heterocycles. The molecule has 33 heavy (non-hydrogen) atoms. The van der Waals surface area contributed by atoms with E-state index in [4.69, 9.17) is 4.98 Å². The highest BCUT2D eigenvalue weighted by molar-refractivity contribution is 7.09. The molecule has 9 heteroatoms. The van der Waals surface area contributed by atoms with Crippen LogP contribution in [0.25, 0.3) is 0 Å². The number of nitrogens with zero attached hydrogens (tertiary/aromatic N) is 6. The number of hydrogen-bond acceptors (Lipinski definition) is 6. The lowest BCUT2D eigenvalue weighted by Gasteiger charge is -2.28. The van der Waals surface area contributed by atoms with Crippen LogP contribution in [0, 0.1) is 12.3 Å². The highest BCUT2D eigenvalue weighted by atomic mass is 32.1. The van der Waals surface area contributed by atoms with Crippen molar-refractivity contribution in [1.82, 2.24) is 29.2 Å². The lowest BCUT2D eigenvalue weighted by atomic mass is 9.75. The molecule has 0 aliphatic carbocycles. The molecule has 4 rings (SSSR count). The van der Waals surface area contributed by atoms with Gasteiger partial charge in [0.25, 0.3) is 0 Å². The van der Waals surface area contributed by atoms with Gasteiger partial charge in [0, 0.05) is 49.2 Å². The van der Waals surface area contributed by atoms with Crippen LogP contribution < -0.4 is 0 Å². The van der Waals surface area contributed by atoms with Gasteiger partial charge in [-0.2, -0.15) is 0 Å². The molecule has 2 fully saturated rings. The summed E-state index contributed by atoms with van der Waals surface area (Å²) >= 11 is 1.61. The molecule has 180 valence electrons. The SMILES string of the molecule is Cc1nc(CN2CCC3(CN(C(=O)CN(C)C(C)C)CC3c3cn(C(C)C)cn3)C2=O)cs1. The number of thiazole rings is 1. The Morgan fingerprint density at radius 2 is 2.09 bits per heavy atom. The van der Waals surface area contributed by atoms with E-state index in [9.17, 15) is 9.59 Å². The Labute approximate surface area is 200 Å². The van der Waals surface area contributed by atoms with Gasteiger partial charge in [-0.1, -0.05) is 0 Å².